The van der Waals surface area contributed by atoms with Crippen LogP contribution in [0.3, 0.4) is 0 Å². The van der Waals surface area contributed by atoms with E-state index in [1.54, 1.807) is 42.7 Å². The summed E-state index contributed by atoms with van der Waals surface area (Å²) in [4.78, 5) is 18.7. The van der Waals surface area contributed by atoms with Gasteiger partial charge >= 0.3 is 0 Å². The van der Waals surface area contributed by atoms with Gasteiger partial charge in [-0.15, -0.1) is 6.58 Å². The quantitative estimate of drug-likeness (QED) is 0.495. The van der Waals surface area contributed by atoms with Crippen molar-refractivity contribution < 1.29 is 9.18 Å². The molecule has 0 saturated carbocycles. The van der Waals surface area contributed by atoms with Gasteiger partial charge in [0.25, 0.3) is 5.91 Å². The number of aromatic nitrogens is 2. The molecule has 3 rings (SSSR count). The number of hydrogen-bond donors (Lipinski definition) is 0. The molecule has 2 aromatic carbocycles. The minimum Gasteiger partial charge on any atom is -0.329 e. The van der Waals surface area contributed by atoms with E-state index in [0.29, 0.717) is 22.4 Å². The van der Waals surface area contributed by atoms with Gasteiger partial charge in [0, 0.05) is 29.0 Å². The maximum atomic E-state index is 14.0. The minimum absolute atomic E-state index is 0.0169. The number of halogens is 3. The molecule has 0 aliphatic carbocycles. The Labute approximate surface area is 172 Å². The lowest BCUT2D eigenvalue weighted by Gasteiger charge is -2.22. The molecule has 1 aromatic heterocycles. The summed E-state index contributed by atoms with van der Waals surface area (Å²) < 4.78 is 15.9. The first kappa shape index (κ1) is 20.1. The lowest BCUT2D eigenvalue weighted by Crippen LogP contribution is -2.32. The molecule has 1 amide bonds. The zero-order valence-electron chi connectivity index (χ0n) is 15.0. The average molecular weight is 418 g/mol. The number of amides is 1. The van der Waals surface area contributed by atoms with Crippen LogP contribution in [0.15, 0.2) is 67.5 Å². The Bertz CT molecular complexity index is 1000. The van der Waals surface area contributed by atoms with Crippen molar-refractivity contribution in [2.45, 2.75) is 13.1 Å². The van der Waals surface area contributed by atoms with Crippen LogP contribution in [0.5, 0.6) is 0 Å². The fraction of sp³-hybridized carbons (Fsp3) is 0.143. The SMILES string of the molecule is C=CCN(Cc1nccn1Cc1ccc(Cl)cc1Cl)C(=O)c1ccccc1F. The molecule has 0 bridgehead atoms. The molecule has 144 valence electrons. The highest BCUT2D eigenvalue weighted by atomic mass is 35.5. The second kappa shape index (κ2) is 9.04. The van der Waals surface area contributed by atoms with Gasteiger partial charge in [-0.3, -0.25) is 4.79 Å². The van der Waals surface area contributed by atoms with Crippen LogP contribution < -0.4 is 0 Å². The molecule has 0 N–H and O–H groups in total. The summed E-state index contributed by atoms with van der Waals surface area (Å²) in [7, 11) is 0. The largest absolute Gasteiger partial charge is 0.329 e. The third kappa shape index (κ3) is 4.61. The van der Waals surface area contributed by atoms with Gasteiger partial charge in [0.05, 0.1) is 18.7 Å². The number of hydrogen-bond acceptors (Lipinski definition) is 2. The van der Waals surface area contributed by atoms with Crippen molar-refractivity contribution in [3.63, 3.8) is 0 Å². The van der Waals surface area contributed by atoms with Crippen LogP contribution in [-0.2, 0) is 13.1 Å². The first-order valence-corrected chi connectivity index (χ1v) is 9.34. The molecule has 0 spiro atoms. The molecule has 0 atom stereocenters. The Morgan fingerprint density at radius 3 is 2.75 bits per heavy atom. The third-order valence-electron chi connectivity index (χ3n) is 4.23. The maximum absolute atomic E-state index is 14.0. The van der Waals surface area contributed by atoms with Gasteiger partial charge in [-0.2, -0.15) is 0 Å². The Morgan fingerprint density at radius 2 is 2.04 bits per heavy atom. The summed E-state index contributed by atoms with van der Waals surface area (Å²) in [6.45, 7) is 4.64. The van der Waals surface area contributed by atoms with Crippen molar-refractivity contribution >= 4 is 29.1 Å². The van der Waals surface area contributed by atoms with Gasteiger partial charge in [0.1, 0.15) is 11.6 Å². The van der Waals surface area contributed by atoms with Crippen LogP contribution in [-0.4, -0.2) is 26.9 Å². The van der Waals surface area contributed by atoms with Gasteiger partial charge < -0.3 is 9.47 Å². The van der Waals surface area contributed by atoms with E-state index >= 15 is 0 Å². The Morgan fingerprint density at radius 1 is 1.25 bits per heavy atom. The third-order valence-corrected chi connectivity index (χ3v) is 4.82. The van der Waals surface area contributed by atoms with Crippen LogP contribution in [0.2, 0.25) is 10.0 Å². The van der Waals surface area contributed by atoms with Crippen molar-refractivity contribution in [3.8, 4) is 0 Å². The summed E-state index contributed by atoms with van der Waals surface area (Å²) in [5, 5.41) is 1.12. The van der Waals surface area contributed by atoms with E-state index in [4.69, 9.17) is 23.2 Å². The van der Waals surface area contributed by atoms with E-state index in [0.717, 1.165) is 5.56 Å². The van der Waals surface area contributed by atoms with Crippen molar-refractivity contribution in [1.82, 2.24) is 14.5 Å². The van der Waals surface area contributed by atoms with E-state index < -0.39 is 11.7 Å². The van der Waals surface area contributed by atoms with E-state index in [2.05, 4.69) is 11.6 Å². The molecule has 0 aliphatic rings. The molecule has 0 unspecified atom stereocenters. The Balaban J connectivity index is 1.83. The number of carbonyl (C=O) groups excluding carboxylic acids is 1. The fourth-order valence-electron chi connectivity index (χ4n) is 2.82. The van der Waals surface area contributed by atoms with E-state index in [-0.39, 0.29) is 18.7 Å². The first-order chi connectivity index (χ1) is 13.5. The molecular weight excluding hydrogens is 400 g/mol. The van der Waals surface area contributed by atoms with Crippen LogP contribution in [0.1, 0.15) is 21.7 Å². The average Bonchev–Trinajstić information content (AvgIpc) is 3.10. The molecule has 3 aromatic rings. The molecule has 28 heavy (non-hydrogen) atoms. The summed E-state index contributed by atoms with van der Waals surface area (Å²) >= 11 is 12.2. The van der Waals surface area contributed by atoms with Gasteiger partial charge in [0.2, 0.25) is 0 Å². The molecule has 0 saturated heterocycles. The maximum Gasteiger partial charge on any atom is 0.257 e. The van der Waals surface area contributed by atoms with Gasteiger partial charge in [-0.05, 0) is 29.8 Å². The summed E-state index contributed by atoms with van der Waals surface area (Å²) in [5.41, 5.74) is 0.893. The monoisotopic (exact) mass is 417 g/mol. The molecule has 1 heterocycles. The number of rotatable bonds is 7. The van der Waals surface area contributed by atoms with E-state index in [1.807, 2.05) is 10.6 Å². The molecule has 4 nitrogen and oxygen atoms in total. The highest BCUT2D eigenvalue weighted by Gasteiger charge is 2.20. The van der Waals surface area contributed by atoms with Crippen molar-refractivity contribution in [3.05, 3.63) is 100 Å². The molecule has 0 radical (unpaired) electrons. The lowest BCUT2D eigenvalue weighted by atomic mass is 10.2. The van der Waals surface area contributed by atoms with Gasteiger partial charge in [-0.25, -0.2) is 9.37 Å². The Hall–Kier alpha value is -2.63. The summed E-state index contributed by atoms with van der Waals surface area (Å²) in [5.74, 6) is -0.326. The van der Waals surface area contributed by atoms with Crippen molar-refractivity contribution in [2.75, 3.05) is 6.54 Å². The van der Waals surface area contributed by atoms with Gasteiger partial charge in [-0.1, -0.05) is 47.5 Å². The highest BCUT2D eigenvalue weighted by Crippen LogP contribution is 2.22. The second-order valence-electron chi connectivity index (χ2n) is 6.16. The van der Waals surface area contributed by atoms with Crippen LogP contribution in [0, 0.1) is 5.82 Å². The Kier molecular flexibility index (Phi) is 6.49. The van der Waals surface area contributed by atoms with Gasteiger partial charge in [0.15, 0.2) is 0 Å². The predicted molar refractivity (Wildman–Crippen MR) is 109 cm³/mol. The smallest absolute Gasteiger partial charge is 0.257 e. The zero-order chi connectivity index (χ0) is 20.1. The van der Waals surface area contributed by atoms with Crippen LogP contribution >= 0.6 is 23.2 Å². The summed E-state index contributed by atoms with van der Waals surface area (Å²) in [6, 6.07) is 11.2. The predicted octanol–water partition coefficient (Wildman–Crippen LogP) is 5.21. The number of imidazole rings is 1. The minimum atomic E-state index is -0.558. The van der Waals surface area contributed by atoms with E-state index in [9.17, 15) is 9.18 Å². The molecule has 0 aliphatic heterocycles. The normalized spacial score (nSPS) is 10.7. The van der Waals surface area contributed by atoms with Crippen molar-refractivity contribution in [2.24, 2.45) is 0 Å². The number of nitrogens with zero attached hydrogens (tertiary/aromatic N) is 3. The highest BCUT2D eigenvalue weighted by molar-refractivity contribution is 6.35. The van der Waals surface area contributed by atoms with E-state index in [1.165, 1.54) is 17.0 Å². The molecular formula is C21H18Cl2FN3O. The standard InChI is InChI=1S/C21H18Cl2FN3O/c1-2-10-27(21(28)17-5-3-4-6-19(17)24)14-20-25-9-11-26(20)13-15-7-8-16(22)12-18(15)23/h2-9,11-12H,1,10,13-14H2. The number of benzene rings is 2. The first-order valence-electron chi connectivity index (χ1n) is 8.58. The molecule has 0 fully saturated rings. The number of carbonyl (C=O) groups is 1. The van der Waals surface area contributed by atoms with Crippen molar-refractivity contribution in [1.29, 1.82) is 0 Å². The van der Waals surface area contributed by atoms with Crippen LogP contribution in [0.4, 0.5) is 4.39 Å². The second-order valence-corrected chi connectivity index (χ2v) is 7.00. The topological polar surface area (TPSA) is 38.1 Å². The lowest BCUT2D eigenvalue weighted by molar-refractivity contribution is 0.0752. The zero-order valence-corrected chi connectivity index (χ0v) is 16.5. The molecule has 7 heteroatoms. The van der Waals surface area contributed by atoms with Crippen LogP contribution in [0.25, 0.3) is 0 Å². The summed E-state index contributed by atoms with van der Waals surface area (Å²) in [6.07, 6.45) is 5.06. The fourth-order valence-corrected chi connectivity index (χ4v) is 3.29.